The van der Waals surface area contributed by atoms with Gasteiger partial charge in [0.15, 0.2) is 5.58 Å². The van der Waals surface area contributed by atoms with Crippen molar-refractivity contribution >= 4 is 54.3 Å². The first-order valence-electron chi connectivity index (χ1n) is 5.54. The van der Waals surface area contributed by atoms with Crippen LogP contribution in [0.2, 0.25) is 0 Å². The first-order chi connectivity index (χ1) is 9.06. The molecule has 1 atom stereocenters. The molecular weight excluding hydrogens is 394 g/mol. The first-order valence-corrected chi connectivity index (χ1v) is 8.12. The Morgan fingerprint density at radius 2 is 2.11 bits per heavy atom. The van der Waals surface area contributed by atoms with Gasteiger partial charge in [-0.15, -0.1) is 11.3 Å². The summed E-state index contributed by atoms with van der Waals surface area (Å²) in [4.78, 5) is 11.6. The Morgan fingerprint density at radius 1 is 1.32 bits per heavy atom. The van der Waals surface area contributed by atoms with Gasteiger partial charge in [-0.2, -0.15) is 0 Å². The van der Waals surface area contributed by atoms with Crippen molar-refractivity contribution in [2.24, 2.45) is 7.05 Å². The molecule has 0 radical (unpaired) electrons. The molecule has 0 bridgehead atoms. The topological polar surface area (TPSA) is 35.1 Å². The number of fused-ring (bicyclic) bond motifs is 1. The number of aromatic nitrogens is 1. The summed E-state index contributed by atoms with van der Waals surface area (Å²) in [5.74, 6) is -0.337. The molecule has 0 aliphatic rings. The molecule has 0 saturated heterocycles. The maximum Gasteiger partial charge on any atom is 0.419 e. The fourth-order valence-corrected chi connectivity index (χ4v) is 3.88. The predicted octanol–water partition coefficient (Wildman–Crippen LogP) is 4.44. The summed E-state index contributed by atoms with van der Waals surface area (Å²) in [6.45, 7) is 0. The van der Waals surface area contributed by atoms with Crippen molar-refractivity contribution in [3.05, 3.63) is 55.1 Å². The van der Waals surface area contributed by atoms with Crippen LogP contribution in [0.3, 0.4) is 0 Å². The van der Waals surface area contributed by atoms with Crippen molar-refractivity contribution in [3.8, 4) is 0 Å². The fourth-order valence-electron chi connectivity index (χ4n) is 1.96. The molecule has 0 fully saturated rings. The minimum absolute atomic E-state index is 0.0879. The monoisotopic (exact) mass is 401 g/mol. The number of benzene rings is 1. The zero-order valence-electron chi connectivity index (χ0n) is 9.89. The second-order valence-corrected chi connectivity index (χ2v) is 7.41. The zero-order valence-corrected chi connectivity index (χ0v) is 13.9. The van der Waals surface area contributed by atoms with Gasteiger partial charge >= 0.3 is 5.76 Å². The summed E-state index contributed by atoms with van der Waals surface area (Å²) in [6.07, 6.45) is 0. The minimum Gasteiger partial charge on any atom is -0.408 e. The van der Waals surface area contributed by atoms with Crippen LogP contribution in [0.5, 0.6) is 0 Å². The van der Waals surface area contributed by atoms with Crippen molar-refractivity contribution in [1.82, 2.24) is 4.57 Å². The van der Waals surface area contributed by atoms with Crippen LogP contribution in [0, 0.1) is 0 Å². The molecule has 1 unspecified atom stereocenters. The summed E-state index contributed by atoms with van der Waals surface area (Å²) >= 11 is 8.78. The lowest BCUT2D eigenvalue weighted by molar-refractivity contribution is 0.528. The lowest BCUT2D eigenvalue weighted by atomic mass is 10.1. The molecule has 0 amide bonds. The molecule has 0 spiro atoms. The molecule has 3 nitrogen and oxygen atoms in total. The van der Waals surface area contributed by atoms with Crippen LogP contribution in [0.15, 0.2) is 42.6 Å². The second-order valence-electron chi connectivity index (χ2n) is 4.20. The highest BCUT2D eigenvalue weighted by atomic mass is 79.9. The highest BCUT2D eigenvalue weighted by Crippen LogP contribution is 2.36. The predicted molar refractivity (Wildman–Crippen MR) is 84.2 cm³/mol. The highest BCUT2D eigenvalue weighted by molar-refractivity contribution is 9.11. The van der Waals surface area contributed by atoms with Gasteiger partial charge in [-0.1, -0.05) is 22.0 Å². The van der Waals surface area contributed by atoms with Crippen molar-refractivity contribution in [2.45, 2.75) is 4.83 Å². The first kappa shape index (κ1) is 13.1. The van der Waals surface area contributed by atoms with Gasteiger partial charge in [0.1, 0.15) is 0 Å². The number of hydrogen-bond donors (Lipinski definition) is 0. The fraction of sp³-hybridized carbons (Fsp3) is 0.154. The third kappa shape index (κ3) is 2.32. The molecule has 2 aromatic heterocycles. The Balaban J connectivity index is 2.08. The van der Waals surface area contributed by atoms with E-state index in [2.05, 4.69) is 43.3 Å². The van der Waals surface area contributed by atoms with Crippen LogP contribution >= 0.6 is 43.2 Å². The Kier molecular flexibility index (Phi) is 3.41. The number of hydrogen-bond acceptors (Lipinski definition) is 3. The molecule has 3 aromatic rings. The van der Waals surface area contributed by atoms with Crippen molar-refractivity contribution in [1.29, 1.82) is 0 Å². The highest BCUT2D eigenvalue weighted by Gasteiger charge is 2.14. The molecule has 98 valence electrons. The molecule has 3 rings (SSSR count). The van der Waals surface area contributed by atoms with Gasteiger partial charge < -0.3 is 4.42 Å². The quantitative estimate of drug-likeness (QED) is 0.594. The SMILES string of the molecule is Cn1c(=O)oc2cc(C(Br)c3csc(Br)c3)ccc21. The third-order valence-corrected chi connectivity index (χ3v) is 5.57. The van der Waals surface area contributed by atoms with Crippen molar-refractivity contribution in [2.75, 3.05) is 0 Å². The van der Waals surface area contributed by atoms with Gasteiger partial charge in [0.25, 0.3) is 0 Å². The van der Waals surface area contributed by atoms with E-state index in [1.807, 2.05) is 18.2 Å². The average molecular weight is 403 g/mol. The number of thiophene rings is 1. The summed E-state index contributed by atoms with van der Waals surface area (Å²) in [6, 6.07) is 7.89. The number of oxazole rings is 1. The Morgan fingerprint density at radius 3 is 2.79 bits per heavy atom. The van der Waals surface area contributed by atoms with Gasteiger partial charge in [0.05, 0.1) is 14.1 Å². The minimum atomic E-state index is -0.337. The molecule has 0 aliphatic heterocycles. The normalized spacial score (nSPS) is 13.0. The number of aryl methyl sites for hydroxylation is 1. The van der Waals surface area contributed by atoms with Crippen molar-refractivity contribution < 1.29 is 4.42 Å². The van der Waals surface area contributed by atoms with E-state index < -0.39 is 0 Å². The van der Waals surface area contributed by atoms with Crippen LogP contribution in [0.1, 0.15) is 16.0 Å². The number of halogens is 2. The number of rotatable bonds is 2. The van der Waals surface area contributed by atoms with E-state index in [4.69, 9.17) is 4.42 Å². The van der Waals surface area contributed by atoms with E-state index in [9.17, 15) is 4.79 Å². The standard InChI is InChI=1S/C13H9Br2NO2S/c1-16-9-3-2-7(4-10(9)18-13(16)17)12(15)8-5-11(14)19-6-8/h2-6,12H,1H3. The van der Waals surface area contributed by atoms with Gasteiger partial charge in [-0.05, 0) is 50.6 Å². The Labute approximate surface area is 130 Å². The molecule has 0 aliphatic carbocycles. The van der Waals surface area contributed by atoms with Crippen LogP contribution in [-0.2, 0) is 7.05 Å². The smallest absolute Gasteiger partial charge is 0.408 e. The molecular formula is C13H9Br2NO2S. The zero-order chi connectivity index (χ0) is 13.6. The number of nitrogens with zero attached hydrogens (tertiary/aromatic N) is 1. The van der Waals surface area contributed by atoms with E-state index in [0.717, 1.165) is 14.9 Å². The molecule has 2 heterocycles. The summed E-state index contributed by atoms with van der Waals surface area (Å²) in [7, 11) is 1.70. The lowest BCUT2D eigenvalue weighted by Gasteiger charge is -2.08. The summed E-state index contributed by atoms with van der Waals surface area (Å²) in [5, 5.41) is 2.09. The molecule has 0 N–H and O–H groups in total. The summed E-state index contributed by atoms with van der Waals surface area (Å²) < 4.78 is 7.81. The maximum absolute atomic E-state index is 11.5. The van der Waals surface area contributed by atoms with Crippen LogP contribution < -0.4 is 5.76 Å². The van der Waals surface area contributed by atoms with E-state index in [0.29, 0.717) is 5.58 Å². The number of alkyl halides is 1. The second kappa shape index (κ2) is 4.92. The van der Waals surface area contributed by atoms with Crippen LogP contribution in [0.25, 0.3) is 11.1 Å². The van der Waals surface area contributed by atoms with Crippen molar-refractivity contribution in [3.63, 3.8) is 0 Å². The van der Waals surface area contributed by atoms with Gasteiger partial charge in [0.2, 0.25) is 0 Å². The Bertz CT molecular complexity index is 802. The summed E-state index contributed by atoms with van der Waals surface area (Å²) in [5.41, 5.74) is 3.66. The molecule has 0 saturated carbocycles. The van der Waals surface area contributed by atoms with E-state index in [1.54, 1.807) is 18.4 Å². The van der Waals surface area contributed by atoms with E-state index >= 15 is 0 Å². The van der Waals surface area contributed by atoms with Crippen LogP contribution in [0.4, 0.5) is 0 Å². The van der Waals surface area contributed by atoms with E-state index in [-0.39, 0.29) is 10.6 Å². The Hall–Kier alpha value is -0.850. The molecule has 6 heteroatoms. The van der Waals surface area contributed by atoms with Gasteiger partial charge in [0, 0.05) is 7.05 Å². The van der Waals surface area contributed by atoms with Gasteiger partial charge in [-0.25, -0.2) is 4.79 Å². The maximum atomic E-state index is 11.5. The molecule has 1 aromatic carbocycles. The lowest BCUT2D eigenvalue weighted by Crippen LogP contribution is -2.08. The third-order valence-electron chi connectivity index (χ3n) is 2.99. The van der Waals surface area contributed by atoms with Gasteiger partial charge in [-0.3, -0.25) is 4.57 Å². The largest absolute Gasteiger partial charge is 0.419 e. The van der Waals surface area contributed by atoms with E-state index in [1.165, 1.54) is 10.1 Å². The van der Waals surface area contributed by atoms with Crippen LogP contribution in [-0.4, -0.2) is 4.57 Å². The average Bonchev–Trinajstić information content (AvgIpc) is 2.94. The molecule has 19 heavy (non-hydrogen) atoms.